The molecule has 19 heavy (non-hydrogen) atoms. The van der Waals surface area contributed by atoms with Crippen LogP contribution in [0.1, 0.15) is 45.4 Å². The molecule has 1 unspecified atom stereocenters. The molecule has 0 aromatic heterocycles. The molecule has 0 radical (unpaired) electrons. The van der Waals surface area contributed by atoms with Crippen molar-refractivity contribution in [1.82, 2.24) is 10.2 Å². The maximum Gasteiger partial charge on any atom is 0.329 e. The minimum Gasteiger partial charge on any atom is -0.480 e. The van der Waals surface area contributed by atoms with E-state index in [9.17, 15) is 19.8 Å². The number of hydrogen-bond donors (Lipinski definition) is 3. The van der Waals surface area contributed by atoms with E-state index < -0.39 is 11.5 Å². The molecule has 2 rings (SSSR count). The Morgan fingerprint density at radius 3 is 2.47 bits per heavy atom. The molecule has 2 aliphatic rings. The van der Waals surface area contributed by atoms with Crippen LogP contribution in [0.5, 0.6) is 0 Å². The second-order valence-electron chi connectivity index (χ2n) is 5.79. The van der Waals surface area contributed by atoms with Crippen molar-refractivity contribution >= 4 is 12.0 Å². The third kappa shape index (κ3) is 2.83. The van der Waals surface area contributed by atoms with Crippen LogP contribution in [0.2, 0.25) is 0 Å². The summed E-state index contributed by atoms with van der Waals surface area (Å²) in [4.78, 5) is 25.0. The number of aliphatic carboxylic acids is 1. The number of carboxylic acid groups (broad SMARTS) is 1. The largest absolute Gasteiger partial charge is 0.480 e. The Labute approximate surface area is 112 Å². The summed E-state index contributed by atoms with van der Waals surface area (Å²) in [6.07, 6.45) is 3.86. The first-order valence-corrected chi connectivity index (χ1v) is 6.93. The van der Waals surface area contributed by atoms with Crippen LogP contribution in [0.15, 0.2) is 0 Å². The second kappa shape index (κ2) is 5.36. The maximum absolute atomic E-state index is 12.2. The van der Waals surface area contributed by atoms with E-state index in [-0.39, 0.29) is 18.2 Å². The van der Waals surface area contributed by atoms with Gasteiger partial charge in [-0.1, -0.05) is 0 Å². The van der Waals surface area contributed by atoms with Gasteiger partial charge in [-0.15, -0.1) is 0 Å². The van der Waals surface area contributed by atoms with E-state index in [4.69, 9.17) is 0 Å². The molecule has 6 heteroatoms. The molecule has 1 saturated heterocycles. The van der Waals surface area contributed by atoms with Crippen molar-refractivity contribution in [3.05, 3.63) is 0 Å². The lowest BCUT2D eigenvalue weighted by atomic mass is 9.93. The van der Waals surface area contributed by atoms with Crippen LogP contribution >= 0.6 is 0 Å². The number of rotatable bonds is 2. The number of carbonyl (C=O) groups is 2. The number of hydrogen-bond acceptors (Lipinski definition) is 3. The Hall–Kier alpha value is -1.30. The number of carbonyl (C=O) groups excluding carboxylic acids is 1. The molecule has 1 aliphatic carbocycles. The number of urea groups is 1. The van der Waals surface area contributed by atoms with E-state index in [1.807, 2.05) is 0 Å². The van der Waals surface area contributed by atoms with Crippen molar-refractivity contribution < 1.29 is 19.8 Å². The average Bonchev–Trinajstić information content (AvgIpc) is 2.76. The maximum atomic E-state index is 12.2. The van der Waals surface area contributed by atoms with Gasteiger partial charge in [0.25, 0.3) is 0 Å². The van der Waals surface area contributed by atoms with Gasteiger partial charge in [0.05, 0.1) is 6.10 Å². The van der Waals surface area contributed by atoms with Gasteiger partial charge in [0, 0.05) is 12.6 Å². The number of aliphatic hydroxyl groups is 1. The van der Waals surface area contributed by atoms with E-state index in [1.165, 1.54) is 4.90 Å². The van der Waals surface area contributed by atoms with Gasteiger partial charge < -0.3 is 20.4 Å². The molecule has 0 spiro atoms. The van der Waals surface area contributed by atoms with Crippen LogP contribution in [-0.2, 0) is 4.79 Å². The van der Waals surface area contributed by atoms with Crippen LogP contribution in [0.3, 0.4) is 0 Å². The summed E-state index contributed by atoms with van der Waals surface area (Å²) < 4.78 is 0. The standard InChI is InChI=1S/C13H22N2O4/c1-13(11(17)18)7-2-8-15(13)12(19)14-9-3-5-10(16)6-4-9/h9-10,16H,2-8H2,1H3,(H,14,19)(H,17,18). The lowest BCUT2D eigenvalue weighted by Crippen LogP contribution is -2.56. The first-order valence-electron chi connectivity index (χ1n) is 6.93. The number of nitrogens with one attached hydrogen (secondary N) is 1. The van der Waals surface area contributed by atoms with Crippen LogP contribution < -0.4 is 5.32 Å². The van der Waals surface area contributed by atoms with Gasteiger partial charge in [-0.05, 0) is 45.4 Å². The number of aliphatic hydroxyl groups excluding tert-OH is 1. The molecule has 0 aromatic carbocycles. The molecule has 108 valence electrons. The highest BCUT2D eigenvalue weighted by atomic mass is 16.4. The Kier molecular flexibility index (Phi) is 3.99. The van der Waals surface area contributed by atoms with E-state index in [0.29, 0.717) is 25.8 Å². The minimum absolute atomic E-state index is 0.0505. The van der Waals surface area contributed by atoms with Crippen LogP contribution in [0.4, 0.5) is 4.79 Å². The van der Waals surface area contributed by atoms with E-state index >= 15 is 0 Å². The van der Waals surface area contributed by atoms with Gasteiger partial charge in [0.2, 0.25) is 0 Å². The lowest BCUT2D eigenvalue weighted by molar-refractivity contribution is -0.147. The highest BCUT2D eigenvalue weighted by Crippen LogP contribution is 2.29. The summed E-state index contributed by atoms with van der Waals surface area (Å²) in [7, 11) is 0. The normalized spacial score (nSPS) is 35.2. The van der Waals surface area contributed by atoms with Gasteiger partial charge in [0.15, 0.2) is 0 Å². The van der Waals surface area contributed by atoms with Crippen molar-refractivity contribution in [3.63, 3.8) is 0 Å². The molecule has 0 aromatic rings. The quantitative estimate of drug-likeness (QED) is 0.696. The zero-order valence-corrected chi connectivity index (χ0v) is 11.3. The van der Waals surface area contributed by atoms with Gasteiger partial charge >= 0.3 is 12.0 Å². The third-order valence-electron chi connectivity index (χ3n) is 4.37. The summed E-state index contributed by atoms with van der Waals surface area (Å²) in [6.45, 7) is 2.09. The van der Waals surface area contributed by atoms with Gasteiger partial charge in [-0.2, -0.15) is 0 Å². The van der Waals surface area contributed by atoms with Crippen molar-refractivity contribution in [2.45, 2.75) is 63.1 Å². The molecule has 3 N–H and O–H groups in total. The Balaban J connectivity index is 1.94. The monoisotopic (exact) mass is 270 g/mol. The zero-order valence-electron chi connectivity index (χ0n) is 11.3. The zero-order chi connectivity index (χ0) is 14.0. The number of nitrogens with zero attached hydrogens (tertiary/aromatic N) is 1. The lowest BCUT2D eigenvalue weighted by Gasteiger charge is -2.34. The van der Waals surface area contributed by atoms with Crippen molar-refractivity contribution in [1.29, 1.82) is 0 Å². The first-order chi connectivity index (χ1) is 8.93. The van der Waals surface area contributed by atoms with Gasteiger partial charge in [-0.3, -0.25) is 0 Å². The smallest absolute Gasteiger partial charge is 0.329 e. The highest BCUT2D eigenvalue weighted by molar-refractivity contribution is 5.86. The fourth-order valence-electron chi connectivity index (χ4n) is 2.98. The summed E-state index contributed by atoms with van der Waals surface area (Å²) in [6, 6.07) is -0.238. The minimum atomic E-state index is -1.09. The Morgan fingerprint density at radius 2 is 1.89 bits per heavy atom. The van der Waals surface area contributed by atoms with Crippen molar-refractivity contribution in [3.8, 4) is 0 Å². The summed E-state index contributed by atoms with van der Waals surface area (Å²) in [5.41, 5.74) is -1.09. The molecule has 2 amide bonds. The van der Waals surface area contributed by atoms with Crippen LogP contribution in [0, 0.1) is 0 Å². The predicted molar refractivity (Wildman–Crippen MR) is 68.8 cm³/mol. The van der Waals surface area contributed by atoms with E-state index in [1.54, 1.807) is 6.92 Å². The van der Waals surface area contributed by atoms with Crippen molar-refractivity contribution in [2.75, 3.05) is 6.54 Å². The fourth-order valence-corrected chi connectivity index (χ4v) is 2.98. The molecule has 1 saturated carbocycles. The molecule has 0 bridgehead atoms. The van der Waals surface area contributed by atoms with Crippen LogP contribution in [-0.4, -0.2) is 51.3 Å². The molecule has 6 nitrogen and oxygen atoms in total. The predicted octanol–water partition coefficient (Wildman–Crippen LogP) is 0.939. The molecule has 2 fully saturated rings. The number of amides is 2. The third-order valence-corrected chi connectivity index (χ3v) is 4.37. The molecule has 1 heterocycles. The van der Waals surface area contributed by atoms with Gasteiger partial charge in [0.1, 0.15) is 5.54 Å². The number of carboxylic acids is 1. The van der Waals surface area contributed by atoms with Gasteiger partial charge in [-0.25, -0.2) is 9.59 Å². The highest BCUT2D eigenvalue weighted by Gasteiger charge is 2.46. The van der Waals surface area contributed by atoms with Crippen molar-refractivity contribution in [2.24, 2.45) is 0 Å². The fraction of sp³-hybridized carbons (Fsp3) is 0.846. The molecular weight excluding hydrogens is 248 g/mol. The number of likely N-dealkylation sites (tertiary alicyclic amines) is 1. The first kappa shape index (κ1) is 14.1. The topological polar surface area (TPSA) is 89.9 Å². The average molecular weight is 270 g/mol. The Morgan fingerprint density at radius 1 is 1.26 bits per heavy atom. The molecule has 1 aliphatic heterocycles. The summed E-state index contributed by atoms with van der Waals surface area (Å²) in [5.74, 6) is -0.945. The molecule has 1 atom stereocenters. The summed E-state index contributed by atoms with van der Waals surface area (Å²) >= 11 is 0. The summed E-state index contributed by atoms with van der Waals surface area (Å²) in [5, 5.41) is 21.6. The SMILES string of the molecule is CC1(C(=O)O)CCCN1C(=O)NC1CCC(O)CC1. The Bertz CT molecular complexity index is 366. The van der Waals surface area contributed by atoms with E-state index in [0.717, 1.165) is 19.3 Å². The molecular formula is C13H22N2O4. The second-order valence-corrected chi connectivity index (χ2v) is 5.79. The van der Waals surface area contributed by atoms with Crippen LogP contribution in [0.25, 0.3) is 0 Å². The van der Waals surface area contributed by atoms with E-state index in [2.05, 4.69) is 5.32 Å².